The lowest BCUT2D eigenvalue weighted by Gasteiger charge is -2.18. The first kappa shape index (κ1) is 14.0. The minimum atomic E-state index is 0.523. The van der Waals surface area contributed by atoms with Crippen molar-refractivity contribution < 1.29 is 18.9 Å². The smallest absolute Gasteiger partial charge is 0.204 e. The molecule has 0 atom stereocenters. The van der Waals surface area contributed by atoms with Gasteiger partial charge in [0.05, 0.1) is 34.0 Å². The SMILES string of the molecule is COc1cc(OC)c(-c2cccnc2)c(OC)c1OC. The molecule has 0 aliphatic carbocycles. The van der Waals surface area contributed by atoms with Crippen LogP contribution in [0.25, 0.3) is 11.1 Å². The van der Waals surface area contributed by atoms with Gasteiger partial charge in [-0.3, -0.25) is 4.98 Å². The molecule has 0 unspecified atom stereocenters. The van der Waals surface area contributed by atoms with E-state index in [0.717, 1.165) is 11.1 Å². The molecular formula is C15H17NO4. The summed E-state index contributed by atoms with van der Waals surface area (Å²) in [5.74, 6) is 2.26. The van der Waals surface area contributed by atoms with Crippen LogP contribution in [0.4, 0.5) is 0 Å². The summed E-state index contributed by atoms with van der Waals surface area (Å²) in [6, 6.07) is 5.55. The maximum atomic E-state index is 5.49. The number of benzene rings is 1. The molecule has 1 aromatic heterocycles. The molecule has 2 aromatic rings. The van der Waals surface area contributed by atoms with Crippen molar-refractivity contribution in [3.63, 3.8) is 0 Å². The van der Waals surface area contributed by atoms with Gasteiger partial charge in [0.15, 0.2) is 11.5 Å². The van der Waals surface area contributed by atoms with Crippen molar-refractivity contribution in [3.8, 4) is 34.1 Å². The summed E-state index contributed by atoms with van der Waals surface area (Å²) in [6.45, 7) is 0. The van der Waals surface area contributed by atoms with Gasteiger partial charge in [0, 0.05) is 24.0 Å². The van der Waals surface area contributed by atoms with Gasteiger partial charge in [0.2, 0.25) is 5.75 Å². The average Bonchev–Trinajstić information content (AvgIpc) is 2.53. The topological polar surface area (TPSA) is 49.8 Å². The molecule has 5 heteroatoms. The third-order valence-corrected chi connectivity index (χ3v) is 2.96. The Labute approximate surface area is 118 Å². The van der Waals surface area contributed by atoms with Crippen LogP contribution in [0, 0.1) is 0 Å². The summed E-state index contributed by atoms with van der Waals surface area (Å²) in [5, 5.41) is 0. The zero-order valence-electron chi connectivity index (χ0n) is 12.0. The fourth-order valence-electron chi connectivity index (χ4n) is 2.08. The number of hydrogen-bond donors (Lipinski definition) is 0. The summed E-state index contributed by atoms with van der Waals surface area (Å²) < 4.78 is 21.6. The van der Waals surface area contributed by atoms with E-state index in [2.05, 4.69) is 4.98 Å². The molecule has 0 saturated carbocycles. The second kappa shape index (κ2) is 6.14. The molecule has 0 bridgehead atoms. The van der Waals surface area contributed by atoms with Crippen molar-refractivity contribution in [2.75, 3.05) is 28.4 Å². The first-order valence-electron chi connectivity index (χ1n) is 6.04. The van der Waals surface area contributed by atoms with Gasteiger partial charge in [-0.05, 0) is 6.07 Å². The highest BCUT2D eigenvalue weighted by molar-refractivity contribution is 5.81. The standard InChI is InChI=1S/C15H17NO4/c1-17-11-8-12(18-2)14(19-3)15(20-4)13(11)10-6-5-7-16-9-10/h5-9H,1-4H3. The minimum absolute atomic E-state index is 0.523. The van der Waals surface area contributed by atoms with Crippen molar-refractivity contribution in [1.29, 1.82) is 0 Å². The maximum Gasteiger partial charge on any atom is 0.204 e. The second-order valence-electron chi connectivity index (χ2n) is 3.96. The van der Waals surface area contributed by atoms with E-state index in [1.807, 2.05) is 12.1 Å². The van der Waals surface area contributed by atoms with Crippen LogP contribution >= 0.6 is 0 Å². The van der Waals surface area contributed by atoms with Crippen molar-refractivity contribution in [2.45, 2.75) is 0 Å². The number of hydrogen-bond acceptors (Lipinski definition) is 5. The molecule has 0 amide bonds. The van der Waals surface area contributed by atoms with Gasteiger partial charge in [0.25, 0.3) is 0 Å². The predicted molar refractivity (Wildman–Crippen MR) is 75.9 cm³/mol. The molecule has 0 spiro atoms. The molecule has 1 heterocycles. The van der Waals surface area contributed by atoms with Crippen molar-refractivity contribution >= 4 is 0 Å². The normalized spacial score (nSPS) is 10.0. The van der Waals surface area contributed by atoms with Gasteiger partial charge < -0.3 is 18.9 Å². The monoisotopic (exact) mass is 275 g/mol. The highest BCUT2D eigenvalue weighted by Gasteiger charge is 2.22. The molecule has 0 radical (unpaired) electrons. The Morgan fingerprint density at radius 1 is 0.850 bits per heavy atom. The fraction of sp³-hybridized carbons (Fsp3) is 0.267. The molecule has 5 nitrogen and oxygen atoms in total. The number of rotatable bonds is 5. The van der Waals surface area contributed by atoms with E-state index >= 15 is 0 Å². The summed E-state index contributed by atoms with van der Waals surface area (Å²) in [7, 11) is 6.32. The summed E-state index contributed by atoms with van der Waals surface area (Å²) in [5.41, 5.74) is 1.66. The van der Waals surface area contributed by atoms with Gasteiger partial charge >= 0.3 is 0 Å². The molecule has 1 aromatic carbocycles. The number of ether oxygens (including phenoxy) is 4. The van der Waals surface area contributed by atoms with Crippen LogP contribution in [0.5, 0.6) is 23.0 Å². The zero-order valence-corrected chi connectivity index (χ0v) is 12.0. The minimum Gasteiger partial charge on any atom is -0.496 e. The van der Waals surface area contributed by atoms with E-state index in [1.165, 1.54) is 0 Å². The lowest BCUT2D eigenvalue weighted by Crippen LogP contribution is -1.99. The van der Waals surface area contributed by atoms with E-state index in [-0.39, 0.29) is 0 Å². The van der Waals surface area contributed by atoms with E-state index in [4.69, 9.17) is 18.9 Å². The Bertz CT molecular complexity index is 584. The Balaban J connectivity index is 2.77. The second-order valence-corrected chi connectivity index (χ2v) is 3.96. The lowest BCUT2D eigenvalue weighted by atomic mass is 10.0. The number of pyridine rings is 1. The van der Waals surface area contributed by atoms with Gasteiger partial charge in [0.1, 0.15) is 5.75 Å². The van der Waals surface area contributed by atoms with Crippen LogP contribution in [0.2, 0.25) is 0 Å². The number of nitrogens with zero attached hydrogens (tertiary/aromatic N) is 1. The van der Waals surface area contributed by atoms with E-state index in [0.29, 0.717) is 23.0 Å². The van der Waals surface area contributed by atoms with Crippen LogP contribution in [-0.2, 0) is 0 Å². The highest BCUT2D eigenvalue weighted by atomic mass is 16.5. The number of methoxy groups -OCH3 is 4. The van der Waals surface area contributed by atoms with Crippen LogP contribution in [0.1, 0.15) is 0 Å². The predicted octanol–water partition coefficient (Wildman–Crippen LogP) is 2.78. The first-order valence-corrected chi connectivity index (χ1v) is 6.04. The van der Waals surface area contributed by atoms with Crippen molar-refractivity contribution in [3.05, 3.63) is 30.6 Å². The molecular weight excluding hydrogens is 258 g/mol. The summed E-state index contributed by atoms with van der Waals surface area (Å²) in [6.07, 6.45) is 3.45. The van der Waals surface area contributed by atoms with Crippen molar-refractivity contribution in [1.82, 2.24) is 4.98 Å². The summed E-state index contributed by atoms with van der Waals surface area (Å²) >= 11 is 0. The van der Waals surface area contributed by atoms with Crippen LogP contribution in [0.3, 0.4) is 0 Å². The molecule has 0 N–H and O–H groups in total. The third-order valence-electron chi connectivity index (χ3n) is 2.96. The quantitative estimate of drug-likeness (QED) is 0.839. The average molecular weight is 275 g/mol. The lowest BCUT2D eigenvalue weighted by molar-refractivity contribution is 0.320. The van der Waals surface area contributed by atoms with E-state index in [1.54, 1.807) is 46.9 Å². The highest BCUT2D eigenvalue weighted by Crippen LogP contribution is 2.49. The Hall–Kier alpha value is -2.43. The van der Waals surface area contributed by atoms with Gasteiger partial charge in [-0.15, -0.1) is 0 Å². The molecule has 106 valence electrons. The van der Waals surface area contributed by atoms with Gasteiger partial charge in [-0.2, -0.15) is 0 Å². The molecule has 20 heavy (non-hydrogen) atoms. The van der Waals surface area contributed by atoms with Gasteiger partial charge in [-0.1, -0.05) is 6.07 Å². The third kappa shape index (κ3) is 2.34. The summed E-state index contributed by atoms with van der Waals surface area (Å²) in [4.78, 5) is 4.13. The zero-order chi connectivity index (χ0) is 14.5. The van der Waals surface area contributed by atoms with Crippen LogP contribution in [0.15, 0.2) is 30.6 Å². The Kier molecular flexibility index (Phi) is 4.30. The Morgan fingerprint density at radius 2 is 1.55 bits per heavy atom. The fourth-order valence-corrected chi connectivity index (χ4v) is 2.08. The maximum absolute atomic E-state index is 5.49. The first-order chi connectivity index (χ1) is 9.76. The number of aromatic nitrogens is 1. The van der Waals surface area contributed by atoms with E-state index in [9.17, 15) is 0 Å². The molecule has 0 fully saturated rings. The van der Waals surface area contributed by atoms with Crippen molar-refractivity contribution in [2.24, 2.45) is 0 Å². The van der Waals surface area contributed by atoms with Crippen LogP contribution in [-0.4, -0.2) is 33.4 Å². The van der Waals surface area contributed by atoms with Crippen LogP contribution < -0.4 is 18.9 Å². The molecule has 2 rings (SSSR count). The van der Waals surface area contributed by atoms with Gasteiger partial charge in [-0.25, -0.2) is 0 Å². The molecule has 0 aliphatic heterocycles. The molecule has 0 aliphatic rings. The van der Waals surface area contributed by atoms with E-state index < -0.39 is 0 Å². The largest absolute Gasteiger partial charge is 0.496 e. The Morgan fingerprint density at radius 3 is 2.05 bits per heavy atom. The molecule has 0 saturated heterocycles.